The summed E-state index contributed by atoms with van der Waals surface area (Å²) in [5, 5.41) is 3.76. The molecule has 3 amide bonds. The van der Waals surface area contributed by atoms with E-state index in [0.29, 0.717) is 0 Å². The molecule has 154 valence electrons. The number of amides is 3. The number of benzene rings is 1. The first kappa shape index (κ1) is 21.5. The summed E-state index contributed by atoms with van der Waals surface area (Å²) >= 11 is 0. The van der Waals surface area contributed by atoms with Gasteiger partial charge in [0, 0.05) is 18.8 Å². The lowest BCUT2D eigenvalue weighted by Crippen LogP contribution is -2.45. The Balaban J connectivity index is 1.92. The van der Waals surface area contributed by atoms with Crippen LogP contribution in [0.1, 0.15) is 18.4 Å². The Morgan fingerprint density at radius 2 is 1.89 bits per heavy atom. The monoisotopic (exact) mass is 411 g/mol. The first-order valence-electron chi connectivity index (χ1n) is 8.00. The molecule has 0 aliphatic carbocycles. The Morgan fingerprint density at radius 1 is 1.21 bits per heavy atom. The molecule has 12 heteroatoms. The minimum Gasteiger partial charge on any atom is -0.339 e. The normalized spacial score (nSPS) is 17.0. The molecule has 0 saturated carbocycles. The predicted molar refractivity (Wildman–Crippen MR) is 83.7 cm³/mol. The van der Waals surface area contributed by atoms with Crippen LogP contribution < -0.4 is 10.6 Å². The third-order valence-electron chi connectivity index (χ3n) is 3.99. The van der Waals surface area contributed by atoms with Crippen molar-refractivity contribution in [2.24, 2.45) is 5.92 Å². The maximum absolute atomic E-state index is 13.3. The molecule has 1 fully saturated rings. The van der Waals surface area contributed by atoms with Crippen molar-refractivity contribution < 1.29 is 40.7 Å². The summed E-state index contributed by atoms with van der Waals surface area (Å²) in [6.45, 7) is -1.93. The Bertz CT molecular complexity index is 768. The zero-order chi connectivity index (χ0) is 21.1. The maximum Gasteiger partial charge on any atom is 0.405 e. The van der Waals surface area contributed by atoms with Crippen molar-refractivity contribution >= 4 is 23.4 Å². The van der Waals surface area contributed by atoms with Crippen molar-refractivity contribution in [3.8, 4) is 0 Å². The molecule has 0 spiro atoms. The standard InChI is InChI=1S/C16H15F6N3O3/c17-11-2-1-9(5-10(11)12(18)19)24-13(26)8-3-4-25(6-8)15(28)14(27)23-7-16(20,21)22/h1-2,5,8,12H,3-4,6-7H2,(H,23,27)(H,24,26)/t8-/m0/s1. The summed E-state index contributed by atoms with van der Waals surface area (Å²) in [5.74, 6) is -5.24. The van der Waals surface area contributed by atoms with Crippen LogP contribution >= 0.6 is 0 Å². The van der Waals surface area contributed by atoms with Crippen LogP contribution in [0.15, 0.2) is 18.2 Å². The van der Waals surface area contributed by atoms with Crippen LogP contribution in [0.25, 0.3) is 0 Å². The molecule has 0 bridgehead atoms. The molecular formula is C16H15F6N3O3. The van der Waals surface area contributed by atoms with Gasteiger partial charge in [0.05, 0.1) is 11.5 Å². The van der Waals surface area contributed by atoms with E-state index < -0.39 is 54.2 Å². The van der Waals surface area contributed by atoms with Crippen molar-refractivity contribution in [3.63, 3.8) is 0 Å². The Morgan fingerprint density at radius 3 is 2.50 bits per heavy atom. The number of hydrogen-bond acceptors (Lipinski definition) is 3. The molecule has 0 radical (unpaired) electrons. The molecular weight excluding hydrogens is 396 g/mol. The third-order valence-corrected chi connectivity index (χ3v) is 3.99. The molecule has 1 aliphatic heterocycles. The van der Waals surface area contributed by atoms with Gasteiger partial charge in [-0.25, -0.2) is 13.2 Å². The van der Waals surface area contributed by atoms with Gasteiger partial charge in [0.15, 0.2) is 0 Å². The quantitative estimate of drug-likeness (QED) is 0.589. The van der Waals surface area contributed by atoms with Crippen molar-refractivity contribution in [1.82, 2.24) is 10.2 Å². The molecule has 1 aromatic rings. The van der Waals surface area contributed by atoms with E-state index in [1.807, 2.05) is 0 Å². The fourth-order valence-corrected chi connectivity index (χ4v) is 2.59. The van der Waals surface area contributed by atoms with E-state index in [1.165, 1.54) is 5.32 Å². The van der Waals surface area contributed by atoms with Gasteiger partial charge < -0.3 is 15.5 Å². The van der Waals surface area contributed by atoms with Crippen molar-refractivity contribution in [2.45, 2.75) is 19.0 Å². The van der Waals surface area contributed by atoms with E-state index in [0.717, 1.165) is 23.1 Å². The highest BCUT2D eigenvalue weighted by molar-refractivity contribution is 6.35. The molecule has 0 unspecified atom stereocenters. The topological polar surface area (TPSA) is 78.5 Å². The lowest BCUT2D eigenvalue weighted by Gasteiger charge is -2.16. The highest BCUT2D eigenvalue weighted by atomic mass is 19.4. The Hall–Kier alpha value is -2.79. The van der Waals surface area contributed by atoms with Gasteiger partial charge in [-0.3, -0.25) is 14.4 Å². The van der Waals surface area contributed by atoms with Crippen molar-refractivity contribution in [3.05, 3.63) is 29.6 Å². The van der Waals surface area contributed by atoms with Crippen LogP contribution in [-0.2, 0) is 14.4 Å². The second-order valence-corrected chi connectivity index (χ2v) is 6.06. The number of carbonyl (C=O) groups excluding carboxylic acids is 3. The van der Waals surface area contributed by atoms with Crippen LogP contribution in [0.5, 0.6) is 0 Å². The van der Waals surface area contributed by atoms with Crippen molar-refractivity contribution in [1.29, 1.82) is 0 Å². The molecule has 1 aliphatic rings. The minimum absolute atomic E-state index is 0.0396. The first-order valence-corrected chi connectivity index (χ1v) is 8.00. The van der Waals surface area contributed by atoms with E-state index >= 15 is 0 Å². The zero-order valence-corrected chi connectivity index (χ0v) is 14.2. The predicted octanol–water partition coefficient (Wildman–Crippen LogP) is 2.23. The number of anilines is 1. The molecule has 2 N–H and O–H groups in total. The fraction of sp³-hybridized carbons (Fsp3) is 0.438. The van der Waals surface area contributed by atoms with E-state index in [9.17, 15) is 40.7 Å². The van der Waals surface area contributed by atoms with E-state index in [1.54, 1.807) is 0 Å². The van der Waals surface area contributed by atoms with E-state index in [-0.39, 0.29) is 25.2 Å². The smallest absolute Gasteiger partial charge is 0.339 e. The van der Waals surface area contributed by atoms with E-state index in [4.69, 9.17) is 0 Å². The minimum atomic E-state index is -4.67. The van der Waals surface area contributed by atoms with Gasteiger partial charge in [0.1, 0.15) is 12.4 Å². The molecule has 1 atom stereocenters. The number of halogens is 6. The summed E-state index contributed by atoms with van der Waals surface area (Å²) in [7, 11) is 0. The molecule has 1 heterocycles. The zero-order valence-electron chi connectivity index (χ0n) is 14.2. The number of carbonyl (C=O) groups is 3. The number of nitrogens with zero attached hydrogens (tertiary/aromatic N) is 1. The lowest BCUT2D eigenvalue weighted by molar-refractivity contribution is -0.150. The van der Waals surface area contributed by atoms with Gasteiger partial charge in [-0.2, -0.15) is 13.2 Å². The summed E-state index contributed by atoms with van der Waals surface area (Å²) in [6, 6.07) is 2.63. The second kappa shape index (κ2) is 8.48. The highest BCUT2D eigenvalue weighted by Gasteiger charge is 2.35. The third kappa shape index (κ3) is 5.60. The number of rotatable bonds is 4. The lowest BCUT2D eigenvalue weighted by atomic mass is 10.1. The van der Waals surface area contributed by atoms with Crippen LogP contribution in [0, 0.1) is 11.7 Å². The van der Waals surface area contributed by atoms with Crippen LogP contribution in [0.2, 0.25) is 0 Å². The Labute approximate surface area is 154 Å². The fourth-order valence-electron chi connectivity index (χ4n) is 2.59. The summed E-state index contributed by atoms with van der Waals surface area (Å²) in [6.07, 6.45) is -7.63. The molecule has 2 rings (SSSR count). The summed E-state index contributed by atoms with van der Waals surface area (Å²) < 4.78 is 74.9. The molecule has 1 saturated heterocycles. The summed E-state index contributed by atoms with van der Waals surface area (Å²) in [5.41, 5.74) is -0.961. The number of nitrogens with one attached hydrogen (secondary N) is 2. The highest BCUT2D eigenvalue weighted by Crippen LogP contribution is 2.26. The number of likely N-dealkylation sites (tertiary alicyclic amines) is 1. The number of hydrogen-bond donors (Lipinski definition) is 2. The van der Waals surface area contributed by atoms with Crippen LogP contribution in [-0.4, -0.2) is 48.4 Å². The SMILES string of the molecule is O=C(NCC(F)(F)F)C(=O)N1CC[C@H](C(=O)Nc2ccc(F)c(C(F)F)c2)C1. The molecule has 6 nitrogen and oxygen atoms in total. The maximum atomic E-state index is 13.3. The van der Waals surface area contributed by atoms with Gasteiger partial charge in [0.25, 0.3) is 6.43 Å². The van der Waals surface area contributed by atoms with Gasteiger partial charge in [-0.1, -0.05) is 0 Å². The molecule has 1 aromatic carbocycles. The van der Waals surface area contributed by atoms with Crippen LogP contribution in [0.4, 0.5) is 32.0 Å². The van der Waals surface area contributed by atoms with Gasteiger partial charge in [-0.05, 0) is 24.6 Å². The summed E-state index contributed by atoms with van der Waals surface area (Å²) in [4.78, 5) is 36.4. The first-order chi connectivity index (χ1) is 13.0. The van der Waals surface area contributed by atoms with Gasteiger partial charge in [-0.15, -0.1) is 0 Å². The van der Waals surface area contributed by atoms with Gasteiger partial charge in [0.2, 0.25) is 5.91 Å². The van der Waals surface area contributed by atoms with Crippen molar-refractivity contribution in [2.75, 3.05) is 25.0 Å². The Kier molecular flexibility index (Phi) is 6.52. The van der Waals surface area contributed by atoms with E-state index in [2.05, 4.69) is 5.32 Å². The average Bonchev–Trinajstić information content (AvgIpc) is 3.10. The second-order valence-electron chi connectivity index (χ2n) is 6.06. The van der Waals surface area contributed by atoms with Crippen LogP contribution in [0.3, 0.4) is 0 Å². The average molecular weight is 411 g/mol. The molecule has 0 aromatic heterocycles. The van der Waals surface area contributed by atoms with Gasteiger partial charge >= 0.3 is 18.0 Å². The molecule has 28 heavy (non-hydrogen) atoms. The number of alkyl halides is 5. The largest absolute Gasteiger partial charge is 0.405 e.